The van der Waals surface area contributed by atoms with Crippen LogP contribution >= 0.6 is 0 Å². The average molecular weight is 340 g/mol. The van der Waals surface area contributed by atoms with Crippen LogP contribution in [0.5, 0.6) is 11.5 Å². The fourth-order valence-corrected chi connectivity index (χ4v) is 2.47. The lowest BCUT2D eigenvalue weighted by atomic mass is 9.97. The van der Waals surface area contributed by atoms with E-state index < -0.39 is 0 Å². The van der Waals surface area contributed by atoms with Crippen LogP contribution in [0.2, 0.25) is 0 Å². The molecule has 0 radical (unpaired) electrons. The first-order valence-electron chi connectivity index (χ1n) is 8.12. The summed E-state index contributed by atoms with van der Waals surface area (Å²) >= 11 is 0. The fraction of sp³-hybridized carbons (Fsp3) is 0.300. The van der Waals surface area contributed by atoms with Crippen molar-refractivity contribution in [2.24, 2.45) is 5.10 Å². The van der Waals surface area contributed by atoms with Gasteiger partial charge in [0.1, 0.15) is 11.5 Å². The Bertz CT molecular complexity index is 783. The van der Waals surface area contributed by atoms with Gasteiger partial charge in [-0.25, -0.2) is 5.43 Å². The summed E-state index contributed by atoms with van der Waals surface area (Å²) in [7, 11) is 3.23. The number of rotatable bonds is 6. The van der Waals surface area contributed by atoms with Gasteiger partial charge in [0.15, 0.2) is 0 Å². The van der Waals surface area contributed by atoms with Crippen LogP contribution in [0.1, 0.15) is 46.8 Å². The van der Waals surface area contributed by atoms with Gasteiger partial charge in [-0.15, -0.1) is 0 Å². The molecule has 1 amide bonds. The van der Waals surface area contributed by atoms with E-state index in [0.29, 0.717) is 17.2 Å². The van der Waals surface area contributed by atoms with Gasteiger partial charge in [0, 0.05) is 5.56 Å². The van der Waals surface area contributed by atoms with Crippen molar-refractivity contribution >= 4 is 12.1 Å². The number of nitrogens with one attached hydrogen (secondary N) is 1. The molecule has 0 atom stereocenters. The number of amides is 1. The molecule has 2 rings (SSSR count). The highest BCUT2D eigenvalue weighted by Gasteiger charge is 2.10. The first-order chi connectivity index (χ1) is 12.0. The zero-order valence-electron chi connectivity index (χ0n) is 15.3. The van der Waals surface area contributed by atoms with Gasteiger partial charge >= 0.3 is 0 Å². The molecule has 2 aromatic rings. The Hall–Kier alpha value is -2.82. The molecular formula is C20H24N2O3. The topological polar surface area (TPSA) is 59.9 Å². The van der Waals surface area contributed by atoms with Crippen LogP contribution in [-0.4, -0.2) is 26.3 Å². The summed E-state index contributed by atoms with van der Waals surface area (Å²) in [5.74, 6) is 1.54. The van der Waals surface area contributed by atoms with E-state index >= 15 is 0 Å². The van der Waals surface area contributed by atoms with Crippen molar-refractivity contribution < 1.29 is 14.3 Å². The highest BCUT2D eigenvalue weighted by atomic mass is 16.5. The Morgan fingerprint density at radius 3 is 2.56 bits per heavy atom. The number of hydrogen-bond acceptors (Lipinski definition) is 4. The maximum absolute atomic E-state index is 12.2. The van der Waals surface area contributed by atoms with E-state index in [2.05, 4.69) is 24.4 Å². The largest absolute Gasteiger partial charge is 0.497 e. The molecule has 0 spiro atoms. The second-order valence-corrected chi connectivity index (χ2v) is 6.04. The van der Waals surface area contributed by atoms with Crippen molar-refractivity contribution in [3.8, 4) is 11.5 Å². The maximum atomic E-state index is 12.2. The second-order valence-electron chi connectivity index (χ2n) is 6.04. The van der Waals surface area contributed by atoms with Gasteiger partial charge in [0.2, 0.25) is 0 Å². The lowest BCUT2D eigenvalue weighted by Gasteiger charge is -2.14. The smallest absolute Gasteiger partial charge is 0.271 e. The van der Waals surface area contributed by atoms with Crippen LogP contribution in [0.4, 0.5) is 0 Å². The van der Waals surface area contributed by atoms with Gasteiger partial charge in [0.25, 0.3) is 5.91 Å². The molecule has 0 saturated heterocycles. The number of ether oxygens (including phenoxy) is 2. The van der Waals surface area contributed by atoms with Crippen LogP contribution in [0.15, 0.2) is 41.5 Å². The van der Waals surface area contributed by atoms with Crippen LogP contribution in [0.25, 0.3) is 0 Å². The van der Waals surface area contributed by atoms with E-state index in [0.717, 1.165) is 22.4 Å². The highest BCUT2D eigenvalue weighted by molar-refractivity contribution is 5.95. The number of benzene rings is 2. The van der Waals surface area contributed by atoms with Gasteiger partial charge < -0.3 is 9.47 Å². The Morgan fingerprint density at radius 2 is 1.92 bits per heavy atom. The minimum atomic E-state index is -0.287. The summed E-state index contributed by atoms with van der Waals surface area (Å²) in [5.41, 5.74) is 6.11. The molecule has 1 N–H and O–H groups in total. The second kappa shape index (κ2) is 8.33. The van der Waals surface area contributed by atoms with E-state index in [4.69, 9.17) is 9.47 Å². The number of nitrogens with zero attached hydrogens (tertiary/aromatic N) is 1. The van der Waals surface area contributed by atoms with Crippen molar-refractivity contribution in [2.75, 3.05) is 14.2 Å². The minimum absolute atomic E-state index is 0.287. The van der Waals surface area contributed by atoms with Crippen LogP contribution < -0.4 is 14.9 Å². The molecule has 0 bridgehead atoms. The zero-order chi connectivity index (χ0) is 18.4. The summed E-state index contributed by atoms with van der Waals surface area (Å²) in [4.78, 5) is 12.2. The number of hydrogen-bond donors (Lipinski definition) is 1. The predicted octanol–water partition coefficient (Wildman–Crippen LogP) is 3.90. The van der Waals surface area contributed by atoms with Crippen LogP contribution in [0, 0.1) is 6.92 Å². The summed E-state index contributed by atoms with van der Waals surface area (Å²) in [6.07, 6.45) is 1.65. The zero-order valence-corrected chi connectivity index (χ0v) is 15.3. The molecule has 5 nitrogen and oxygen atoms in total. The summed E-state index contributed by atoms with van der Waals surface area (Å²) in [6.45, 7) is 6.20. The third-order valence-corrected chi connectivity index (χ3v) is 3.94. The molecule has 0 aliphatic carbocycles. The lowest BCUT2D eigenvalue weighted by molar-refractivity contribution is 0.0955. The number of aryl methyl sites for hydroxylation is 1. The molecule has 132 valence electrons. The van der Waals surface area contributed by atoms with E-state index in [1.54, 1.807) is 44.7 Å². The third-order valence-electron chi connectivity index (χ3n) is 3.94. The summed E-state index contributed by atoms with van der Waals surface area (Å²) in [6, 6.07) is 11.0. The third kappa shape index (κ3) is 4.59. The van der Waals surface area contributed by atoms with Gasteiger partial charge in [-0.1, -0.05) is 19.9 Å². The Labute approximate surface area is 148 Å². The average Bonchev–Trinajstić information content (AvgIpc) is 2.62. The normalized spacial score (nSPS) is 11.0. The molecular weight excluding hydrogens is 316 g/mol. The van der Waals surface area contributed by atoms with Crippen molar-refractivity contribution in [1.29, 1.82) is 0 Å². The first kappa shape index (κ1) is 18.5. The Balaban J connectivity index is 2.16. The minimum Gasteiger partial charge on any atom is -0.497 e. The van der Waals surface area contributed by atoms with Crippen molar-refractivity contribution in [2.45, 2.75) is 26.7 Å². The van der Waals surface area contributed by atoms with Crippen molar-refractivity contribution in [3.05, 3.63) is 58.7 Å². The quantitative estimate of drug-likeness (QED) is 0.641. The summed E-state index contributed by atoms with van der Waals surface area (Å²) < 4.78 is 10.6. The predicted molar refractivity (Wildman–Crippen MR) is 99.9 cm³/mol. The SMILES string of the molecule is COc1cccc(C(=O)N/N=C\c2cc(C(C)C)c(OC)cc2C)c1. The number of methoxy groups -OCH3 is 2. The van der Waals surface area contributed by atoms with Crippen molar-refractivity contribution in [1.82, 2.24) is 5.43 Å². The molecule has 0 aliphatic rings. The van der Waals surface area contributed by atoms with Gasteiger partial charge in [0.05, 0.1) is 20.4 Å². The molecule has 0 fully saturated rings. The molecule has 0 aromatic heterocycles. The first-order valence-corrected chi connectivity index (χ1v) is 8.12. The van der Waals surface area contributed by atoms with Gasteiger partial charge in [-0.05, 0) is 59.9 Å². The lowest BCUT2D eigenvalue weighted by Crippen LogP contribution is -2.17. The van der Waals surface area contributed by atoms with Gasteiger partial charge in [-0.2, -0.15) is 5.10 Å². The molecule has 5 heteroatoms. The molecule has 2 aromatic carbocycles. The van der Waals surface area contributed by atoms with E-state index in [1.165, 1.54) is 0 Å². The monoisotopic (exact) mass is 340 g/mol. The molecule has 0 unspecified atom stereocenters. The number of carbonyl (C=O) groups excluding carboxylic acids is 1. The Kier molecular flexibility index (Phi) is 6.17. The van der Waals surface area contributed by atoms with Crippen molar-refractivity contribution in [3.63, 3.8) is 0 Å². The molecule has 0 saturated carbocycles. The standard InChI is InChI=1S/C20H24N2O3/c1-13(2)18-11-16(14(3)9-19(18)25-5)12-21-22-20(23)15-7-6-8-17(10-15)24-4/h6-13H,1-5H3,(H,22,23)/b21-12-. The van der Waals surface area contributed by atoms with Gasteiger partial charge in [-0.3, -0.25) is 4.79 Å². The molecule has 0 heterocycles. The number of hydrazone groups is 1. The maximum Gasteiger partial charge on any atom is 0.271 e. The Morgan fingerprint density at radius 1 is 1.16 bits per heavy atom. The fourth-order valence-electron chi connectivity index (χ4n) is 2.47. The molecule has 25 heavy (non-hydrogen) atoms. The molecule has 0 aliphatic heterocycles. The van der Waals surface area contributed by atoms with E-state index in [9.17, 15) is 4.79 Å². The van der Waals surface area contributed by atoms with E-state index in [1.807, 2.05) is 19.1 Å². The van der Waals surface area contributed by atoms with Crippen LogP contribution in [-0.2, 0) is 0 Å². The highest BCUT2D eigenvalue weighted by Crippen LogP contribution is 2.29. The van der Waals surface area contributed by atoms with Crippen LogP contribution in [0.3, 0.4) is 0 Å². The summed E-state index contributed by atoms with van der Waals surface area (Å²) in [5, 5.41) is 4.08. The van der Waals surface area contributed by atoms with E-state index in [-0.39, 0.29) is 5.91 Å². The number of carbonyl (C=O) groups is 1.